The van der Waals surface area contributed by atoms with E-state index < -0.39 is 21.8 Å². The Hall–Kier alpha value is -4.22. The summed E-state index contributed by atoms with van der Waals surface area (Å²) in [7, 11) is 0. The minimum absolute atomic E-state index is 0.196. The van der Waals surface area contributed by atoms with Gasteiger partial charge in [0.2, 0.25) is 0 Å². The Morgan fingerprint density at radius 1 is 0.733 bits per heavy atom. The summed E-state index contributed by atoms with van der Waals surface area (Å²) in [4.78, 5) is 47.0. The Morgan fingerprint density at radius 3 is 1.33 bits per heavy atom. The Kier molecular flexibility index (Phi) is 5.49. The van der Waals surface area contributed by atoms with Crippen molar-refractivity contribution in [3.05, 3.63) is 67.8 Å². The molecule has 0 amide bonds. The number of carboxylic acid groups (broad SMARTS) is 2. The molecule has 1 saturated heterocycles. The second-order valence-corrected chi connectivity index (χ2v) is 6.51. The van der Waals surface area contributed by atoms with Gasteiger partial charge in [0.15, 0.2) is 0 Å². The minimum Gasteiger partial charge on any atom is -0.478 e. The smallest absolute Gasteiger partial charge is 0.335 e. The third-order valence-electron chi connectivity index (χ3n) is 4.80. The van der Waals surface area contributed by atoms with E-state index in [4.69, 9.17) is 10.2 Å². The van der Waals surface area contributed by atoms with Gasteiger partial charge < -0.3 is 20.0 Å². The Morgan fingerprint density at radius 2 is 1.07 bits per heavy atom. The molecule has 0 atom stereocenters. The van der Waals surface area contributed by atoms with Crippen molar-refractivity contribution in [3.63, 3.8) is 0 Å². The summed E-state index contributed by atoms with van der Waals surface area (Å²) in [5, 5.41) is 40.9. The molecule has 12 heteroatoms. The third kappa shape index (κ3) is 3.97. The fraction of sp³-hybridized carbons (Fsp3) is 0.222. The number of aromatic carboxylic acids is 2. The fourth-order valence-corrected chi connectivity index (χ4v) is 3.33. The van der Waals surface area contributed by atoms with Crippen LogP contribution in [0.3, 0.4) is 0 Å². The molecule has 0 radical (unpaired) electrons. The van der Waals surface area contributed by atoms with Crippen molar-refractivity contribution >= 4 is 34.7 Å². The number of carbonyl (C=O) groups is 2. The Labute approximate surface area is 168 Å². The van der Waals surface area contributed by atoms with Gasteiger partial charge in [-0.05, 0) is 24.3 Å². The van der Waals surface area contributed by atoms with Crippen molar-refractivity contribution in [2.45, 2.75) is 0 Å². The normalized spacial score (nSPS) is 13.7. The molecule has 1 aliphatic rings. The second kappa shape index (κ2) is 8.03. The number of hydrogen-bond acceptors (Lipinski definition) is 8. The molecule has 0 unspecified atom stereocenters. The number of nitro groups is 2. The highest BCUT2D eigenvalue weighted by Crippen LogP contribution is 2.33. The predicted octanol–water partition coefficient (Wildman–Crippen LogP) is 2.23. The molecule has 0 saturated carbocycles. The van der Waals surface area contributed by atoms with Crippen LogP contribution in [-0.2, 0) is 0 Å². The first-order chi connectivity index (χ1) is 14.2. The van der Waals surface area contributed by atoms with Crippen LogP contribution in [0.2, 0.25) is 0 Å². The van der Waals surface area contributed by atoms with Gasteiger partial charge in [-0.15, -0.1) is 0 Å². The fourth-order valence-electron chi connectivity index (χ4n) is 3.33. The average molecular weight is 416 g/mol. The Balaban J connectivity index is 1.84. The highest BCUT2D eigenvalue weighted by Gasteiger charge is 2.28. The maximum Gasteiger partial charge on any atom is 0.335 e. The van der Waals surface area contributed by atoms with Gasteiger partial charge in [0.05, 0.1) is 21.0 Å². The lowest BCUT2D eigenvalue weighted by molar-refractivity contribution is -0.384. The molecule has 30 heavy (non-hydrogen) atoms. The van der Waals surface area contributed by atoms with Crippen molar-refractivity contribution in [2.24, 2.45) is 0 Å². The summed E-state index contributed by atoms with van der Waals surface area (Å²) in [5.41, 5.74) is -0.530. The molecule has 2 aromatic rings. The largest absolute Gasteiger partial charge is 0.478 e. The third-order valence-corrected chi connectivity index (χ3v) is 4.80. The van der Waals surface area contributed by atoms with E-state index >= 15 is 0 Å². The maximum atomic E-state index is 11.4. The van der Waals surface area contributed by atoms with E-state index in [0.717, 1.165) is 12.1 Å². The molecule has 0 aromatic heterocycles. The van der Waals surface area contributed by atoms with Crippen molar-refractivity contribution in [3.8, 4) is 0 Å². The zero-order chi connectivity index (χ0) is 22.0. The number of carboxylic acids is 2. The summed E-state index contributed by atoms with van der Waals surface area (Å²) < 4.78 is 0. The summed E-state index contributed by atoms with van der Waals surface area (Å²) in [6.45, 7) is 1.19. The van der Waals surface area contributed by atoms with E-state index in [1.54, 1.807) is 9.80 Å². The first-order valence-corrected chi connectivity index (χ1v) is 8.72. The monoisotopic (exact) mass is 416 g/mol. The van der Waals surface area contributed by atoms with Crippen LogP contribution in [0, 0.1) is 20.2 Å². The average Bonchev–Trinajstić information content (AvgIpc) is 2.72. The standard InChI is InChI=1S/C18H16N4O8/c23-17(24)11-1-3-13(15(9-11)21(27)28)19-5-7-20(8-6-19)14-4-2-12(18(25)26)10-16(14)22(29)30/h1-4,9-10H,5-8H2,(H,23,24)(H,25,26). The molecule has 3 rings (SSSR count). The number of nitrogens with zero attached hydrogens (tertiary/aromatic N) is 4. The van der Waals surface area contributed by atoms with Gasteiger partial charge in [-0.2, -0.15) is 0 Å². The van der Waals surface area contributed by atoms with E-state index in [9.17, 15) is 29.8 Å². The summed E-state index contributed by atoms with van der Waals surface area (Å²) in [5.74, 6) is -2.54. The molecule has 1 fully saturated rings. The van der Waals surface area contributed by atoms with E-state index in [1.165, 1.54) is 24.3 Å². The second-order valence-electron chi connectivity index (χ2n) is 6.51. The van der Waals surface area contributed by atoms with Crippen molar-refractivity contribution < 1.29 is 29.6 Å². The summed E-state index contributed by atoms with van der Waals surface area (Å²) in [6, 6.07) is 7.32. The molecule has 156 valence electrons. The van der Waals surface area contributed by atoms with Crippen LogP contribution in [0.1, 0.15) is 20.7 Å². The number of nitro benzene ring substituents is 2. The van der Waals surface area contributed by atoms with Gasteiger partial charge >= 0.3 is 11.9 Å². The molecule has 0 aliphatic carbocycles. The van der Waals surface area contributed by atoms with Crippen LogP contribution in [0.25, 0.3) is 0 Å². The maximum absolute atomic E-state index is 11.4. The molecule has 2 aromatic carbocycles. The van der Waals surface area contributed by atoms with Gasteiger partial charge in [0, 0.05) is 38.3 Å². The van der Waals surface area contributed by atoms with Crippen molar-refractivity contribution in [1.82, 2.24) is 0 Å². The van der Waals surface area contributed by atoms with Gasteiger partial charge in [-0.25, -0.2) is 9.59 Å². The minimum atomic E-state index is -1.27. The van der Waals surface area contributed by atoms with Crippen molar-refractivity contribution in [2.75, 3.05) is 36.0 Å². The lowest BCUT2D eigenvalue weighted by atomic mass is 10.1. The van der Waals surface area contributed by atoms with E-state index in [-0.39, 0.29) is 33.9 Å². The zero-order valence-corrected chi connectivity index (χ0v) is 15.4. The number of benzene rings is 2. The summed E-state index contributed by atoms with van der Waals surface area (Å²) in [6.07, 6.45) is 0. The molecule has 12 nitrogen and oxygen atoms in total. The van der Waals surface area contributed by atoms with E-state index in [0.29, 0.717) is 26.2 Å². The molecule has 2 N–H and O–H groups in total. The SMILES string of the molecule is O=C(O)c1ccc(N2CCN(c3ccc(C(=O)O)cc3[N+](=O)[O-])CC2)c([N+](=O)[O-])c1. The number of rotatable bonds is 6. The van der Waals surface area contributed by atoms with E-state index in [1.807, 2.05) is 0 Å². The number of hydrogen-bond donors (Lipinski definition) is 2. The molecule has 1 heterocycles. The molecular weight excluding hydrogens is 400 g/mol. The summed E-state index contributed by atoms with van der Waals surface area (Å²) >= 11 is 0. The van der Waals surface area contributed by atoms with Gasteiger partial charge in [0.25, 0.3) is 11.4 Å². The first kappa shape index (κ1) is 20.5. The van der Waals surface area contributed by atoms with Crippen LogP contribution in [0.5, 0.6) is 0 Å². The van der Waals surface area contributed by atoms with Crippen LogP contribution in [-0.4, -0.2) is 58.2 Å². The van der Waals surface area contributed by atoms with Crippen LogP contribution >= 0.6 is 0 Å². The molecule has 1 aliphatic heterocycles. The van der Waals surface area contributed by atoms with Gasteiger partial charge in [-0.3, -0.25) is 20.2 Å². The van der Waals surface area contributed by atoms with Crippen molar-refractivity contribution in [1.29, 1.82) is 0 Å². The quantitative estimate of drug-likeness (QED) is 0.526. The lowest BCUT2D eigenvalue weighted by Crippen LogP contribution is -2.46. The zero-order valence-electron chi connectivity index (χ0n) is 15.4. The first-order valence-electron chi connectivity index (χ1n) is 8.72. The van der Waals surface area contributed by atoms with Crippen LogP contribution in [0.4, 0.5) is 22.7 Å². The lowest BCUT2D eigenvalue weighted by Gasteiger charge is -2.36. The highest BCUT2D eigenvalue weighted by atomic mass is 16.6. The van der Waals surface area contributed by atoms with Crippen LogP contribution < -0.4 is 9.80 Å². The van der Waals surface area contributed by atoms with Gasteiger partial charge in [-0.1, -0.05) is 0 Å². The molecule has 0 spiro atoms. The Bertz CT molecular complexity index is 963. The van der Waals surface area contributed by atoms with Gasteiger partial charge in [0.1, 0.15) is 11.4 Å². The topological polar surface area (TPSA) is 167 Å². The van der Waals surface area contributed by atoms with E-state index in [2.05, 4.69) is 0 Å². The molecular formula is C18H16N4O8. The molecule has 0 bridgehead atoms. The highest BCUT2D eigenvalue weighted by molar-refractivity contribution is 5.90. The van der Waals surface area contributed by atoms with Crippen LogP contribution in [0.15, 0.2) is 36.4 Å². The predicted molar refractivity (Wildman–Crippen MR) is 105 cm³/mol. The number of anilines is 2. The number of piperazine rings is 1.